The molecule has 262 valence electrons. The molecule has 10 heteroatoms. The van der Waals surface area contributed by atoms with Crippen molar-refractivity contribution in [3.05, 3.63) is 112 Å². The summed E-state index contributed by atoms with van der Waals surface area (Å²) in [6.07, 6.45) is 3.34. The predicted molar refractivity (Wildman–Crippen MR) is 188 cm³/mol. The fourth-order valence-electron chi connectivity index (χ4n) is 8.69. The number of likely N-dealkylation sites (tertiary alicyclic amines) is 1. The Kier molecular flexibility index (Phi) is 11.2. The van der Waals surface area contributed by atoms with Crippen molar-refractivity contribution in [2.45, 2.75) is 76.3 Å². The maximum Gasteiger partial charge on any atom is 0.311 e. The molecule has 2 aliphatic rings. The van der Waals surface area contributed by atoms with E-state index in [1.807, 2.05) is 0 Å². The van der Waals surface area contributed by atoms with E-state index in [4.69, 9.17) is 4.74 Å². The van der Waals surface area contributed by atoms with Crippen LogP contribution in [0.3, 0.4) is 0 Å². The zero-order chi connectivity index (χ0) is 35.2. The van der Waals surface area contributed by atoms with Crippen molar-refractivity contribution >= 4 is 17.6 Å². The number of rotatable bonds is 14. The third kappa shape index (κ3) is 6.87. The van der Waals surface area contributed by atoms with Crippen LogP contribution in [0.4, 0.5) is 5.69 Å². The second-order valence-corrected chi connectivity index (χ2v) is 14.0. The van der Waals surface area contributed by atoms with Gasteiger partial charge >= 0.3 is 11.9 Å². The van der Waals surface area contributed by atoms with Crippen LogP contribution < -0.4 is 5.32 Å². The molecule has 2 fully saturated rings. The minimum absolute atomic E-state index is 0.00667. The van der Waals surface area contributed by atoms with Crippen LogP contribution in [0, 0.1) is 20.9 Å². The second kappa shape index (κ2) is 15.2. The van der Waals surface area contributed by atoms with Crippen LogP contribution in [0.25, 0.3) is 0 Å². The monoisotopic (exact) mass is 671 g/mol. The molecule has 0 radical (unpaired) electrons. The topological polar surface area (TPSA) is 142 Å². The average Bonchev–Trinajstić information content (AvgIpc) is 3.10. The highest BCUT2D eigenvalue weighted by Gasteiger charge is 2.65. The fourth-order valence-corrected chi connectivity index (χ4v) is 8.69. The lowest BCUT2D eigenvalue weighted by Gasteiger charge is -2.56. The summed E-state index contributed by atoms with van der Waals surface area (Å²) < 4.78 is 6.01. The summed E-state index contributed by atoms with van der Waals surface area (Å²) in [5.74, 6) is -3.55. The minimum atomic E-state index is -1.63. The Hall–Kier alpha value is -4.12. The molecule has 2 heterocycles. The molecule has 0 bridgehead atoms. The van der Waals surface area contributed by atoms with E-state index in [-0.39, 0.29) is 23.1 Å². The summed E-state index contributed by atoms with van der Waals surface area (Å²) in [5.41, 5.74) is -0.705. The molecule has 5 unspecified atom stereocenters. The van der Waals surface area contributed by atoms with Crippen LogP contribution in [0.15, 0.2) is 84.9 Å². The third-order valence-electron chi connectivity index (χ3n) is 11.6. The Morgan fingerprint density at radius 3 is 1.96 bits per heavy atom. The summed E-state index contributed by atoms with van der Waals surface area (Å²) in [6.45, 7) is 8.60. The highest BCUT2D eigenvalue weighted by molar-refractivity contribution is 5.84. The first-order valence-corrected chi connectivity index (χ1v) is 17.4. The van der Waals surface area contributed by atoms with Gasteiger partial charge in [0.2, 0.25) is 0 Å². The Morgan fingerprint density at radius 2 is 1.41 bits per heavy atom. The van der Waals surface area contributed by atoms with Gasteiger partial charge in [0.15, 0.2) is 0 Å². The summed E-state index contributed by atoms with van der Waals surface area (Å²) in [5, 5.41) is 36.7. The quantitative estimate of drug-likeness (QED) is 0.0996. The van der Waals surface area contributed by atoms with Crippen molar-refractivity contribution in [2.24, 2.45) is 10.8 Å². The van der Waals surface area contributed by atoms with Gasteiger partial charge in [-0.2, -0.15) is 0 Å². The van der Waals surface area contributed by atoms with E-state index in [2.05, 4.69) is 70.9 Å². The third-order valence-corrected chi connectivity index (χ3v) is 11.6. The van der Waals surface area contributed by atoms with E-state index in [1.54, 1.807) is 19.9 Å². The molecule has 2 aliphatic heterocycles. The Balaban J connectivity index is 1.21. The standard InChI is InChI=1S/C39H49N3O7/c1-28-37(3,35(43)44)34(32-18-10-11-19-33(32)42(47)48)39(36(45)46,29(2)40-28)20-12-26-49-27-13-23-41-24-21-38(22-25-41,30-14-6-4-7-15-30)31-16-8-5-9-17-31/h4-11,14-19,28-29,34,40H,12-13,20-27H2,1-3H3,(H,43,44)(H,45,46). The number of nitrogens with zero attached hydrogens (tertiary/aromatic N) is 2. The van der Waals surface area contributed by atoms with Crippen LogP contribution >= 0.6 is 0 Å². The number of carbonyl (C=O) groups is 2. The number of ether oxygens (including phenoxy) is 1. The number of para-hydroxylation sites is 1. The SMILES string of the molecule is CC1NC(C)C(CCCOCCCN2CCC(c3ccccc3)(c3ccccc3)CC2)(C(=O)O)C(c2ccccc2[N+](=O)[O-])C1(C)C(=O)O. The first-order chi connectivity index (χ1) is 23.5. The lowest BCUT2D eigenvalue weighted by atomic mass is 9.51. The molecular formula is C39H49N3O7. The lowest BCUT2D eigenvalue weighted by Crippen LogP contribution is -2.68. The predicted octanol–water partition coefficient (Wildman–Crippen LogP) is 6.49. The molecule has 0 saturated carbocycles. The molecule has 3 aromatic rings. The van der Waals surface area contributed by atoms with E-state index in [9.17, 15) is 29.9 Å². The number of hydrogen-bond acceptors (Lipinski definition) is 7. The zero-order valence-electron chi connectivity index (χ0n) is 28.7. The maximum absolute atomic E-state index is 13.3. The molecule has 10 nitrogen and oxygen atoms in total. The molecule has 5 atom stereocenters. The number of hydrogen-bond donors (Lipinski definition) is 3. The Bertz CT molecular complexity index is 1550. The number of piperidine rings is 2. The first-order valence-electron chi connectivity index (χ1n) is 17.4. The van der Waals surface area contributed by atoms with Gasteiger partial charge in [-0.1, -0.05) is 78.9 Å². The fraction of sp³-hybridized carbons (Fsp3) is 0.487. The second-order valence-electron chi connectivity index (χ2n) is 14.0. The van der Waals surface area contributed by atoms with Gasteiger partial charge in [0, 0.05) is 54.8 Å². The van der Waals surface area contributed by atoms with Gasteiger partial charge in [0.25, 0.3) is 5.69 Å². The summed E-state index contributed by atoms with van der Waals surface area (Å²) >= 11 is 0. The number of benzene rings is 3. The summed E-state index contributed by atoms with van der Waals surface area (Å²) in [7, 11) is 0. The first kappa shape index (κ1) is 36.2. The highest BCUT2D eigenvalue weighted by Crippen LogP contribution is 2.58. The van der Waals surface area contributed by atoms with Crippen molar-refractivity contribution < 1.29 is 29.5 Å². The van der Waals surface area contributed by atoms with Gasteiger partial charge in [-0.25, -0.2) is 0 Å². The van der Waals surface area contributed by atoms with Crippen LogP contribution in [0.5, 0.6) is 0 Å². The van der Waals surface area contributed by atoms with Gasteiger partial charge in [-0.05, 0) is 77.1 Å². The zero-order valence-corrected chi connectivity index (χ0v) is 28.7. The van der Waals surface area contributed by atoms with Gasteiger partial charge < -0.3 is 25.2 Å². The summed E-state index contributed by atoms with van der Waals surface area (Å²) in [6, 6.07) is 26.2. The van der Waals surface area contributed by atoms with Gasteiger partial charge in [-0.15, -0.1) is 0 Å². The number of aliphatic carboxylic acids is 2. The number of carboxylic acids is 2. The van der Waals surface area contributed by atoms with E-state index >= 15 is 0 Å². The van der Waals surface area contributed by atoms with Gasteiger partial charge in [0.05, 0.1) is 15.8 Å². The van der Waals surface area contributed by atoms with Crippen LogP contribution in [-0.4, -0.2) is 76.9 Å². The van der Waals surface area contributed by atoms with Gasteiger partial charge in [-0.3, -0.25) is 19.7 Å². The van der Waals surface area contributed by atoms with E-state index < -0.39 is 45.7 Å². The van der Waals surface area contributed by atoms with Crippen LogP contribution in [0.2, 0.25) is 0 Å². The molecule has 0 aromatic heterocycles. The highest BCUT2D eigenvalue weighted by atomic mass is 16.6. The molecule has 3 aromatic carbocycles. The molecule has 0 spiro atoms. The molecular weight excluding hydrogens is 622 g/mol. The van der Waals surface area contributed by atoms with Crippen molar-refractivity contribution in [1.82, 2.24) is 10.2 Å². The molecule has 3 N–H and O–H groups in total. The van der Waals surface area contributed by atoms with Crippen molar-refractivity contribution in [2.75, 3.05) is 32.8 Å². The lowest BCUT2D eigenvalue weighted by molar-refractivity contribution is -0.386. The Labute approximate surface area is 288 Å². The Morgan fingerprint density at radius 1 is 0.857 bits per heavy atom. The number of nitro benzene ring substituents is 1. The molecule has 2 saturated heterocycles. The minimum Gasteiger partial charge on any atom is -0.481 e. The molecule has 49 heavy (non-hydrogen) atoms. The van der Waals surface area contributed by atoms with Gasteiger partial charge in [0.1, 0.15) is 0 Å². The van der Waals surface area contributed by atoms with Crippen LogP contribution in [0.1, 0.15) is 75.5 Å². The maximum atomic E-state index is 13.3. The van der Waals surface area contributed by atoms with Crippen molar-refractivity contribution in [3.63, 3.8) is 0 Å². The van der Waals surface area contributed by atoms with E-state index in [0.29, 0.717) is 19.6 Å². The molecule has 0 amide bonds. The molecule has 5 rings (SSSR count). The van der Waals surface area contributed by atoms with E-state index in [1.165, 1.54) is 36.2 Å². The molecule has 0 aliphatic carbocycles. The van der Waals surface area contributed by atoms with E-state index in [0.717, 1.165) is 38.9 Å². The van der Waals surface area contributed by atoms with Crippen molar-refractivity contribution in [3.8, 4) is 0 Å². The van der Waals surface area contributed by atoms with Crippen molar-refractivity contribution in [1.29, 1.82) is 0 Å². The normalized spacial score (nSPS) is 27.0. The van der Waals surface area contributed by atoms with Crippen LogP contribution in [-0.2, 0) is 19.7 Å². The average molecular weight is 672 g/mol. The number of nitro groups is 1. The number of nitrogens with one attached hydrogen (secondary N) is 1. The largest absolute Gasteiger partial charge is 0.481 e. The smallest absolute Gasteiger partial charge is 0.311 e. The summed E-state index contributed by atoms with van der Waals surface area (Å²) in [4.78, 5) is 40.2. The number of carboxylic acid groups (broad SMARTS) is 2.